The molecule has 3 saturated carbocycles. The molecule has 5 nitrogen and oxygen atoms in total. The third kappa shape index (κ3) is 4.50. The van der Waals surface area contributed by atoms with Gasteiger partial charge in [0.05, 0.1) is 11.8 Å². The molecule has 0 aromatic heterocycles. The van der Waals surface area contributed by atoms with Gasteiger partial charge in [0.25, 0.3) is 0 Å². The van der Waals surface area contributed by atoms with Crippen molar-refractivity contribution in [2.75, 3.05) is 0 Å². The van der Waals surface area contributed by atoms with Crippen LogP contribution in [0.5, 0.6) is 0 Å². The normalized spacial score (nSPS) is 40.8. The van der Waals surface area contributed by atoms with E-state index < -0.39 is 29.2 Å². The molecule has 8 unspecified atom stereocenters. The Morgan fingerprint density at radius 1 is 0.938 bits per heavy atom. The molecule has 182 valence electrons. The molecule has 0 aromatic rings. The fourth-order valence-electron chi connectivity index (χ4n) is 8.21. The topological polar surface area (TPSA) is 91.7 Å². The lowest BCUT2D eigenvalue weighted by molar-refractivity contribution is -0.169. The van der Waals surface area contributed by atoms with Crippen LogP contribution in [-0.4, -0.2) is 27.9 Å². The lowest BCUT2D eigenvalue weighted by Gasteiger charge is -2.55. The Morgan fingerprint density at radius 2 is 1.59 bits per heavy atom. The van der Waals surface area contributed by atoms with Gasteiger partial charge in [-0.05, 0) is 72.5 Å². The molecule has 0 spiro atoms. The smallest absolute Gasteiger partial charge is 0.307 e. The molecule has 3 rings (SSSR count). The highest BCUT2D eigenvalue weighted by molar-refractivity contribution is 5.86. The van der Waals surface area contributed by atoms with Crippen LogP contribution < -0.4 is 0 Å². The lowest BCUT2D eigenvalue weighted by Crippen LogP contribution is -2.54. The molecule has 0 heterocycles. The molecule has 0 bridgehead atoms. The maximum Gasteiger partial charge on any atom is 0.307 e. The first-order valence-corrected chi connectivity index (χ1v) is 12.9. The van der Waals surface area contributed by atoms with Crippen LogP contribution in [0.1, 0.15) is 98.8 Å². The minimum Gasteiger partial charge on any atom is -0.481 e. The molecule has 0 aromatic carbocycles. The zero-order valence-electron chi connectivity index (χ0n) is 20.7. The number of carboxylic acids is 2. The molecule has 3 aliphatic rings. The van der Waals surface area contributed by atoms with Crippen molar-refractivity contribution in [2.45, 2.75) is 98.8 Å². The predicted octanol–water partition coefficient (Wildman–Crippen LogP) is 6.05. The number of fused-ring (bicyclic) bond motifs is 1. The van der Waals surface area contributed by atoms with Crippen LogP contribution >= 0.6 is 0 Å². The second kappa shape index (κ2) is 9.46. The van der Waals surface area contributed by atoms with Gasteiger partial charge < -0.3 is 10.2 Å². The van der Waals surface area contributed by atoms with Crippen molar-refractivity contribution >= 4 is 17.7 Å². The largest absolute Gasteiger partial charge is 0.481 e. The van der Waals surface area contributed by atoms with Crippen LogP contribution in [0.4, 0.5) is 0 Å². The summed E-state index contributed by atoms with van der Waals surface area (Å²) in [5, 5.41) is 20.3. The van der Waals surface area contributed by atoms with Crippen molar-refractivity contribution in [1.82, 2.24) is 0 Å². The van der Waals surface area contributed by atoms with Crippen LogP contribution in [0.25, 0.3) is 0 Å². The number of aliphatic carboxylic acids is 2. The van der Waals surface area contributed by atoms with E-state index in [9.17, 15) is 24.6 Å². The van der Waals surface area contributed by atoms with Crippen molar-refractivity contribution in [3.05, 3.63) is 0 Å². The van der Waals surface area contributed by atoms with Gasteiger partial charge in [0.1, 0.15) is 5.78 Å². The van der Waals surface area contributed by atoms with E-state index in [4.69, 9.17) is 0 Å². The van der Waals surface area contributed by atoms with E-state index in [2.05, 4.69) is 27.7 Å². The number of Topliss-reactive ketones (excluding diaryl/α,β-unsaturated/α-hetero) is 1. The Kier molecular flexibility index (Phi) is 7.46. The molecule has 3 fully saturated rings. The van der Waals surface area contributed by atoms with Crippen LogP contribution in [0, 0.1) is 52.3 Å². The highest BCUT2D eigenvalue weighted by Gasteiger charge is 2.61. The summed E-state index contributed by atoms with van der Waals surface area (Å²) in [5.41, 5.74) is -0.624. The van der Waals surface area contributed by atoms with Gasteiger partial charge in [0.2, 0.25) is 0 Å². The molecule has 3 aliphatic carbocycles. The van der Waals surface area contributed by atoms with E-state index in [0.29, 0.717) is 30.6 Å². The van der Waals surface area contributed by atoms with E-state index in [0.717, 1.165) is 25.7 Å². The summed E-state index contributed by atoms with van der Waals surface area (Å²) in [6.07, 6.45) is 8.33. The van der Waals surface area contributed by atoms with Crippen LogP contribution in [0.2, 0.25) is 0 Å². The van der Waals surface area contributed by atoms with Crippen molar-refractivity contribution in [3.63, 3.8) is 0 Å². The number of hydrogen-bond acceptors (Lipinski definition) is 3. The van der Waals surface area contributed by atoms with Crippen LogP contribution in [-0.2, 0) is 14.4 Å². The summed E-state index contributed by atoms with van der Waals surface area (Å²) in [6.45, 7) is 11.2. The fraction of sp³-hybridized carbons (Fsp3) is 0.889. The first-order valence-electron chi connectivity index (χ1n) is 12.9. The number of rotatable bonds is 8. The van der Waals surface area contributed by atoms with Gasteiger partial charge in [0.15, 0.2) is 0 Å². The Hall–Kier alpha value is -1.39. The lowest BCUT2D eigenvalue weighted by atomic mass is 9.48. The Balaban J connectivity index is 1.85. The zero-order chi connectivity index (χ0) is 23.8. The van der Waals surface area contributed by atoms with Gasteiger partial charge >= 0.3 is 11.9 Å². The van der Waals surface area contributed by atoms with Gasteiger partial charge in [-0.3, -0.25) is 14.4 Å². The number of carboxylic acid groups (broad SMARTS) is 2. The van der Waals surface area contributed by atoms with Crippen molar-refractivity contribution in [2.24, 2.45) is 52.3 Å². The van der Waals surface area contributed by atoms with Gasteiger partial charge in [-0.2, -0.15) is 0 Å². The average molecular weight is 449 g/mol. The second-order valence-corrected chi connectivity index (χ2v) is 12.2. The molecule has 8 atom stereocenters. The van der Waals surface area contributed by atoms with E-state index in [1.165, 1.54) is 19.3 Å². The fourth-order valence-corrected chi connectivity index (χ4v) is 8.21. The molecule has 0 radical (unpaired) electrons. The summed E-state index contributed by atoms with van der Waals surface area (Å²) >= 11 is 0. The monoisotopic (exact) mass is 448 g/mol. The molecule has 0 aliphatic heterocycles. The Morgan fingerprint density at radius 3 is 2.19 bits per heavy atom. The van der Waals surface area contributed by atoms with E-state index in [-0.39, 0.29) is 29.5 Å². The highest BCUT2D eigenvalue weighted by atomic mass is 16.4. The highest BCUT2D eigenvalue weighted by Crippen LogP contribution is 2.65. The zero-order valence-corrected chi connectivity index (χ0v) is 20.7. The number of carbonyl (C=O) groups excluding carboxylic acids is 1. The molecule has 0 amide bonds. The van der Waals surface area contributed by atoms with Crippen molar-refractivity contribution in [3.8, 4) is 0 Å². The minimum atomic E-state index is -0.943. The quantitative estimate of drug-likeness (QED) is 0.471. The van der Waals surface area contributed by atoms with E-state index in [1.807, 2.05) is 6.92 Å². The molecule has 32 heavy (non-hydrogen) atoms. The maximum absolute atomic E-state index is 12.7. The molecular formula is C27H44O5. The Bertz CT molecular complexity index is 730. The van der Waals surface area contributed by atoms with Gasteiger partial charge in [-0.15, -0.1) is 0 Å². The number of carbonyl (C=O) groups is 3. The van der Waals surface area contributed by atoms with Crippen LogP contribution in [0.3, 0.4) is 0 Å². The SMILES string of the molecule is CC(C)CCCC(C)C1CCC2C(C(=O)O)C(C3(C)CCC(=O)CC3C(=O)O)CCC12C. The summed E-state index contributed by atoms with van der Waals surface area (Å²) in [6, 6.07) is 0. The number of hydrogen-bond donors (Lipinski definition) is 2. The summed E-state index contributed by atoms with van der Waals surface area (Å²) in [4.78, 5) is 36.9. The maximum atomic E-state index is 12.7. The second-order valence-electron chi connectivity index (χ2n) is 12.2. The molecule has 2 N–H and O–H groups in total. The summed E-state index contributed by atoms with van der Waals surface area (Å²) in [7, 11) is 0. The van der Waals surface area contributed by atoms with Crippen LogP contribution in [0.15, 0.2) is 0 Å². The third-order valence-electron chi connectivity index (χ3n) is 10.1. The standard InChI is InChI=1S/C27H44O5/c1-16(2)7-6-8-17(3)19-9-10-20-23(25(31)32)21(12-14-26(19,20)4)27(5)13-11-18(28)15-22(27)24(29)30/h16-17,19-23H,6-15H2,1-5H3,(H,29,30)(H,31,32). The molecule has 5 heteroatoms. The first kappa shape index (κ1) is 25.2. The summed E-state index contributed by atoms with van der Waals surface area (Å²) in [5.74, 6) is -1.23. The van der Waals surface area contributed by atoms with E-state index in [1.54, 1.807) is 0 Å². The van der Waals surface area contributed by atoms with Crippen molar-refractivity contribution < 1.29 is 24.6 Å². The predicted molar refractivity (Wildman–Crippen MR) is 124 cm³/mol. The minimum absolute atomic E-state index is 0.00134. The number of ketones is 1. The molecular weight excluding hydrogens is 404 g/mol. The van der Waals surface area contributed by atoms with Gasteiger partial charge in [-0.25, -0.2) is 0 Å². The summed E-state index contributed by atoms with van der Waals surface area (Å²) < 4.78 is 0. The van der Waals surface area contributed by atoms with Gasteiger partial charge in [0, 0.05) is 12.8 Å². The average Bonchev–Trinajstić information content (AvgIpc) is 3.05. The first-order chi connectivity index (χ1) is 14.9. The molecule has 0 saturated heterocycles. The van der Waals surface area contributed by atoms with E-state index >= 15 is 0 Å². The van der Waals surface area contributed by atoms with Crippen molar-refractivity contribution in [1.29, 1.82) is 0 Å². The van der Waals surface area contributed by atoms with Gasteiger partial charge in [-0.1, -0.05) is 53.9 Å². The Labute approximate surface area is 193 Å². The third-order valence-corrected chi connectivity index (χ3v) is 10.1.